The Labute approximate surface area is 102 Å². The number of halogens is 3. The molecule has 1 rings (SSSR count). The highest BCUT2D eigenvalue weighted by Gasteiger charge is 2.33. The zero-order valence-electron chi connectivity index (χ0n) is 10.2. The van der Waals surface area contributed by atoms with E-state index in [9.17, 15) is 18.0 Å². The Bertz CT molecular complexity index is 389. The minimum absolute atomic E-state index is 0.0488. The van der Waals surface area contributed by atoms with E-state index in [4.69, 9.17) is 5.73 Å². The van der Waals surface area contributed by atoms with Crippen molar-refractivity contribution in [1.82, 2.24) is 10.2 Å². The van der Waals surface area contributed by atoms with Gasteiger partial charge in [0.25, 0.3) is 6.47 Å². The molecule has 0 saturated heterocycles. The van der Waals surface area contributed by atoms with Crippen molar-refractivity contribution in [1.29, 1.82) is 0 Å². The fourth-order valence-corrected chi connectivity index (χ4v) is 0.665. The molecule has 0 atom stereocenters. The summed E-state index contributed by atoms with van der Waals surface area (Å²) in [6, 6.07) is 0.729. The summed E-state index contributed by atoms with van der Waals surface area (Å²) in [5.74, 6) is 0. The number of nitrogens with zero attached hydrogens (tertiary/aromatic N) is 2. The lowest BCUT2D eigenvalue weighted by molar-refractivity contribution is -0.142. The van der Waals surface area contributed by atoms with E-state index in [1.165, 1.54) is 0 Å². The lowest BCUT2D eigenvalue weighted by Gasteiger charge is -2.14. The Hall–Kier alpha value is -1.86. The average Bonchev–Trinajstić information content (AvgIpc) is 2.15. The Morgan fingerprint density at radius 2 is 1.89 bits per heavy atom. The molecule has 0 fully saturated rings. The van der Waals surface area contributed by atoms with Crippen molar-refractivity contribution in [2.24, 2.45) is 0 Å². The predicted molar refractivity (Wildman–Crippen MR) is 58.3 cm³/mol. The Morgan fingerprint density at radius 3 is 2.11 bits per heavy atom. The van der Waals surface area contributed by atoms with Gasteiger partial charge in [-0.2, -0.15) is 18.3 Å². The second-order valence-corrected chi connectivity index (χ2v) is 4.20. The Balaban J connectivity index is 0.000000360. The molecule has 0 saturated carbocycles. The van der Waals surface area contributed by atoms with Crippen LogP contribution in [0.5, 0.6) is 0 Å². The molecule has 8 heteroatoms. The molecule has 2 N–H and O–H groups in total. The molecular weight excluding hydrogens is 251 g/mol. The van der Waals surface area contributed by atoms with Crippen LogP contribution in [0.1, 0.15) is 26.5 Å². The maximum atomic E-state index is 11.8. The fourth-order valence-electron chi connectivity index (χ4n) is 0.665. The molecule has 0 unspecified atom stereocenters. The second-order valence-electron chi connectivity index (χ2n) is 4.20. The molecular formula is C10H14F3N3O2. The summed E-state index contributed by atoms with van der Waals surface area (Å²) in [5, 5.41) is 5.91. The van der Waals surface area contributed by atoms with Crippen molar-refractivity contribution in [2.75, 3.05) is 5.73 Å². The molecule has 18 heavy (non-hydrogen) atoms. The highest BCUT2D eigenvalue weighted by atomic mass is 19.4. The van der Waals surface area contributed by atoms with Crippen LogP contribution in [0.4, 0.5) is 18.9 Å². The van der Waals surface area contributed by atoms with E-state index < -0.39 is 11.9 Å². The van der Waals surface area contributed by atoms with Gasteiger partial charge in [0.15, 0.2) is 5.69 Å². The quantitative estimate of drug-likeness (QED) is 0.786. The van der Waals surface area contributed by atoms with Crippen LogP contribution in [0.25, 0.3) is 0 Å². The molecule has 102 valence electrons. The first-order valence-electron chi connectivity index (χ1n) is 4.83. The molecule has 0 bridgehead atoms. The molecule has 0 aromatic carbocycles. The number of alkyl halides is 3. The summed E-state index contributed by atoms with van der Waals surface area (Å²) >= 11 is 0. The summed E-state index contributed by atoms with van der Waals surface area (Å²) in [6.07, 6.45) is -3.42. The van der Waals surface area contributed by atoms with Gasteiger partial charge in [-0.05, 0) is 26.8 Å². The summed E-state index contributed by atoms with van der Waals surface area (Å²) in [4.78, 5) is 9.60. The van der Waals surface area contributed by atoms with Crippen molar-refractivity contribution in [2.45, 2.75) is 32.5 Å². The number of ether oxygens (including phenoxy) is 1. The monoisotopic (exact) mass is 265 g/mol. The summed E-state index contributed by atoms with van der Waals surface area (Å²) in [7, 11) is 0. The van der Waals surface area contributed by atoms with E-state index in [1.54, 1.807) is 0 Å². The normalized spacial score (nSPS) is 11.2. The van der Waals surface area contributed by atoms with E-state index in [2.05, 4.69) is 14.9 Å². The molecule has 1 aromatic rings. The molecule has 5 nitrogen and oxygen atoms in total. The van der Waals surface area contributed by atoms with Crippen LogP contribution >= 0.6 is 0 Å². The van der Waals surface area contributed by atoms with Gasteiger partial charge in [-0.15, -0.1) is 5.10 Å². The highest BCUT2D eigenvalue weighted by molar-refractivity contribution is 5.37. The number of aromatic nitrogens is 2. The van der Waals surface area contributed by atoms with Crippen LogP contribution in [-0.2, 0) is 15.7 Å². The second kappa shape index (κ2) is 6.18. The largest absolute Gasteiger partial charge is 0.462 e. The zero-order valence-corrected chi connectivity index (χ0v) is 10.2. The van der Waals surface area contributed by atoms with Crippen LogP contribution in [0.2, 0.25) is 0 Å². The van der Waals surface area contributed by atoms with Crippen molar-refractivity contribution in [3.05, 3.63) is 18.0 Å². The first-order chi connectivity index (χ1) is 8.06. The average molecular weight is 265 g/mol. The molecule has 0 amide bonds. The third kappa shape index (κ3) is 7.42. The van der Waals surface area contributed by atoms with Crippen molar-refractivity contribution >= 4 is 12.2 Å². The predicted octanol–water partition coefficient (Wildman–Crippen LogP) is 2.04. The van der Waals surface area contributed by atoms with E-state index in [0.717, 1.165) is 12.3 Å². The topological polar surface area (TPSA) is 78.1 Å². The number of carbonyl (C=O) groups excluding carboxylic acids is 1. The number of hydrogen-bond acceptors (Lipinski definition) is 5. The van der Waals surface area contributed by atoms with E-state index >= 15 is 0 Å². The van der Waals surface area contributed by atoms with Gasteiger partial charge >= 0.3 is 6.18 Å². The fraction of sp³-hybridized carbons (Fsp3) is 0.500. The standard InChI is InChI=1S/C5H4F3N3.C5H10O2/c6-5(7,8)4-1-3(9)2-10-11-4;1-5(2,3)7-4-6/h1-2H,(H2,9,11);4H,1-3H3. The van der Waals surface area contributed by atoms with Crippen molar-refractivity contribution in [3.63, 3.8) is 0 Å². The van der Waals surface area contributed by atoms with E-state index in [-0.39, 0.29) is 11.3 Å². The van der Waals surface area contributed by atoms with Gasteiger partial charge in [-0.25, -0.2) is 0 Å². The maximum absolute atomic E-state index is 11.8. The number of carbonyl (C=O) groups is 1. The molecule has 0 spiro atoms. The summed E-state index contributed by atoms with van der Waals surface area (Å²) in [5.41, 5.74) is 3.61. The van der Waals surface area contributed by atoms with E-state index in [0.29, 0.717) is 6.47 Å². The molecule has 1 heterocycles. The van der Waals surface area contributed by atoms with Gasteiger partial charge in [0.1, 0.15) is 5.60 Å². The SMILES string of the molecule is CC(C)(C)OC=O.Nc1cnnc(C(F)(F)F)c1. The third-order valence-electron chi connectivity index (χ3n) is 1.37. The number of nitrogen functional groups attached to an aromatic ring is 1. The smallest absolute Gasteiger partial charge is 0.435 e. The van der Waals surface area contributed by atoms with Gasteiger partial charge in [0.2, 0.25) is 0 Å². The first kappa shape index (κ1) is 16.1. The van der Waals surface area contributed by atoms with Crippen LogP contribution in [0.15, 0.2) is 12.3 Å². The summed E-state index contributed by atoms with van der Waals surface area (Å²) < 4.78 is 40.0. The van der Waals surface area contributed by atoms with Crippen LogP contribution in [-0.4, -0.2) is 22.3 Å². The van der Waals surface area contributed by atoms with Gasteiger partial charge in [0.05, 0.1) is 11.9 Å². The molecule has 0 radical (unpaired) electrons. The summed E-state index contributed by atoms with van der Waals surface area (Å²) in [6.45, 7) is 5.92. The first-order valence-corrected chi connectivity index (χ1v) is 4.83. The number of anilines is 1. The minimum atomic E-state index is -4.47. The number of rotatable bonds is 1. The van der Waals surface area contributed by atoms with Gasteiger partial charge < -0.3 is 10.5 Å². The van der Waals surface area contributed by atoms with Gasteiger partial charge in [-0.3, -0.25) is 4.79 Å². The number of nitrogens with two attached hydrogens (primary N) is 1. The van der Waals surface area contributed by atoms with Crippen LogP contribution in [0, 0.1) is 0 Å². The van der Waals surface area contributed by atoms with Crippen molar-refractivity contribution in [3.8, 4) is 0 Å². The maximum Gasteiger partial charge on any atom is 0.435 e. The van der Waals surface area contributed by atoms with Gasteiger partial charge in [0, 0.05) is 0 Å². The molecule has 0 aliphatic carbocycles. The molecule has 0 aliphatic rings. The highest BCUT2D eigenvalue weighted by Crippen LogP contribution is 2.27. The van der Waals surface area contributed by atoms with E-state index in [1.807, 2.05) is 20.8 Å². The van der Waals surface area contributed by atoms with Crippen molar-refractivity contribution < 1.29 is 22.7 Å². The molecule has 0 aliphatic heterocycles. The minimum Gasteiger partial charge on any atom is -0.462 e. The lowest BCUT2D eigenvalue weighted by Crippen LogP contribution is -2.17. The van der Waals surface area contributed by atoms with Crippen LogP contribution < -0.4 is 5.73 Å². The molecule has 1 aromatic heterocycles. The Morgan fingerprint density at radius 1 is 1.33 bits per heavy atom. The lowest BCUT2D eigenvalue weighted by atomic mass is 10.2. The Kier molecular flexibility index (Phi) is 5.54. The van der Waals surface area contributed by atoms with Gasteiger partial charge in [-0.1, -0.05) is 0 Å². The zero-order chi connectivity index (χ0) is 14.4. The van der Waals surface area contributed by atoms with Crippen LogP contribution in [0.3, 0.4) is 0 Å². The number of hydrogen-bond donors (Lipinski definition) is 1. The third-order valence-corrected chi connectivity index (χ3v) is 1.37.